The van der Waals surface area contributed by atoms with Crippen molar-refractivity contribution in [1.82, 2.24) is 4.57 Å². The van der Waals surface area contributed by atoms with E-state index in [0.717, 1.165) is 62.0 Å². The molecule has 10 aromatic carbocycles. The average Bonchev–Trinajstić information content (AvgIpc) is 3.82. The summed E-state index contributed by atoms with van der Waals surface area (Å²) in [4.78, 5) is 2.47. The van der Waals surface area contributed by atoms with E-state index in [-0.39, 0.29) is 0 Å². The Balaban J connectivity index is 1.11. The summed E-state index contributed by atoms with van der Waals surface area (Å²) in [5.74, 6) is 1.78. The zero-order chi connectivity index (χ0) is 40.8. The van der Waals surface area contributed by atoms with Gasteiger partial charge in [-0.2, -0.15) is 0 Å². The van der Waals surface area contributed by atoms with Crippen LogP contribution >= 0.6 is 0 Å². The van der Waals surface area contributed by atoms with E-state index >= 15 is 0 Å². The standard InChI is InChI=1S/C59H38N2O/c1-3-17-40(18-4-1)45-26-16-29-52-58(45)62-57-32-14-12-28-51(57)59(52)50-27-11-9-24-46(50)47-35-33-42(37-53(47)59)60(54-31-15-20-39-19-7-8-23-44(39)54)43-34-36-49-48-25-10-13-30-55(48)61(56(49)38-43)41-21-5-2-6-22-41/h1-38H. The molecule has 0 N–H and O–H groups in total. The highest BCUT2D eigenvalue weighted by molar-refractivity contribution is 6.11. The number of benzene rings is 10. The molecule has 1 spiro atoms. The van der Waals surface area contributed by atoms with Crippen molar-refractivity contribution in [1.29, 1.82) is 0 Å². The summed E-state index contributed by atoms with van der Waals surface area (Å²) in [6, 6.07) is 84.0. The summed E-state index contributed by atoms with van der Waals surface area (Å²) in [7, 11) is 0. The van der Waals surface area contributed by atoms with Crippen LogP contribution in [0.5, 0.6) is 11.5 Å². The molecule has 1 aromatic heterocycles. The van der Waals surface area contributed by atoms with Gasteiger partial charge in [-0.05, 0) is 87.8 Å². The minimum Gasteiger partial charge on any atom is -0.456 e. The molecule has 0 saturated carbocycles. The zero-order valence-corrected chi connectivity index (χ0v) is 33.7. The highest BCUT2D eigenvalue weighted by Crippen LogP contribution is 2.64. The summed E-state index contributed by atoms with van der Waals surface area (Å²) in [6.07, 6.45) is 0. The number of para-hydroxylation sites is 4. The van der Waals surface area contributed by atoms with Crippen molar-refractivity contribution in [2.45, 2.75) is 5.41 Å². The lowest BCUT2D eigenvalue weighted by molar-refractivity contribution is 0.438. The van der Waals surface area contributed by atoms with Gasteiger partial charge in [0, 0.05) is 49.9 Å². The molecule has 1 atom stereocenters. The van der Waals surface area contributed by atoms with Crippen LogP contribution in [-0.4, -0.2) is 4.57 Å². The topological polar surface area (TPSA) is 17.4 Å². The van der Waals surface area contributed by atoms with E-state index in [2.05, 4.69) is 240 Å². The summed E-state index contributed by atoms with van der Waals surface area (Å²) < 4.78 is 9.45. The van der Waals surface area contributed by atoms with E-state index in [0.29, 0.717) is 0 Å². The van der Waals surface area contributed by atoms with Crippen LogP contribution in [0.2, 0.25) is 0 Å². The van der Waals surface area contributed by atoms with Gasteiger partial charge >= 0.3 is 0 Å². The lowest BCUT2D eigenvalue weighted by Crippen LogP contribution is -2.32. The van der Waals surface area contributed by atoms with Gasteiger partial charge in [-0.25, -0.2) is 0 Å². The Morgan fingerprint density at radius 1 is 0.387 bits per heavy atom. The second-order valence-electron chi connectivity index (χ2n) is 16.4. The first-order valence-corrected chi connectivity index (χ1v) is 21.3. The van der Waals surface area contributed by atoms with Crippen LogP contribution in [0, 0.1) is 0 Å². The number of hydrogen-bond acceptors (Lipinski definition) is 2. The fourth-order valence-electron chi connectivity index (χ4n) is 10.7. The monoisotopic (exact) mass is 790 g/mol. The molecule has 2 heterocycles. The molecule has 0 bridgehead atoms. The van der Waals surface area contributed by atoms with E-state index in [1.165, 1.54) is 49.3 Å². The average molecular weight is 791 g/mol. The third-order valence-corrected chi connectivity index (χ3v) is 13.2. The van der Waals surface area contributed by atoms with Gasteiger partial charge in [0.1, 0.15) is 11.5 Å². The van der Waals surface area contributed by atoms with E-state index in [4.69, 9.17) is 4.74 Å². The summed E-state index contributed by atoms with van der Waals surface area (Å²) in [5.41, 5.74) is 15.6. The Morgan fingerprint density at radius 3 is 1.89 bits per heavy atom. The molecule has 62 heavy (non-hydrogen) atoms. The van der Waals surface area contributed by atoms with Crippen molar-refractivity contribution in [3.8, 4) is 39.4 Å². The molecule has 2 aliphatic rings. The fourth-order valence-corrected chi connectivity index (χ4v) is 10.7. The van der Waals surface area contributed by atoms with Gasteiger partial charge in [0.25, 0.3) is 0 Å². The number of nitrogens with zero attached hydrogens (tertiary/aromatic N) is 2. The Bertz CT molecular complexity index is 3560. The molecule has 13 rings (SSSR count). The molecule has 0 radical (unpaired) electrons. The Hall–Kier alpha value is -8.14. The Kier molecular flexibility index (Phi) is 7.52. The number of ether oxygens (including phenoxy) is 1. The van der Waals surface area contributed by atoms with Crippen molar-refractivity contribution in [3.63, 3.8) is 0 Å². The summed E-state index contributed by atoms with van der Waals surface area (Å²) in [5, 5.41) is 4.84. The second kappa shape index (κ2) is 13.4. The number of rotatable bonds is 5. The van der Waals surface area contributed by atoms with Crippen LogP contribution in [0.15, 0.2) is 231 Å². The smallest absolute Gasteiger partial charge is 0.140 e. The van der Waals surface area contributed by atoms with Crippen molar-refractivity contribution < 1.29 is 4.74 Å². The van der Waals surface area contributed by atoms with Gasteiger partial charge in [0.2, 0.25) is 0 Å². The van der Waals surface area contributed by atoms with Gasteiger partial charge in [0.05, 0.1) is 22.1 Å². The maximum atomic E-state index is 7.05. The van der Waals surface area contributed by atoms with Gasteiger partial charge < -0.3 is 14.2 Å². The number of aromatic nitrogens is 1. The molecule has 1 unspecified atom stereocenters. The Morgan fingerprint density at radius 2 is 1.00 bits per heavy atom. The lowest BCUT2D eigenvalue weighted by Gasteiger charge is -2.40. The van der Waals surface area contributed by atoms with Crippen LogP contribution in [0.1, 0.15) is 22.3 Å². The number of anilines is 3. The van der Waals surface area contributed by atoms with Gasteiger partial charge in [-0.1, -0.05) is 176 Å². The highest BCUT2D eigenvalue weighted by Gasteiger charge is 2.51. The lowest BCUT2D eigenvalue weighted by atomic mass is 9.65. The van der Waals surface area contributed by atoms with Crippen molar-refractivity contribution in [2.24, 2.45) is 0 Å². The molecule has 3 heteroatoms. The molecule has 3 nitrogen and oxygen atoms in total. The molecule has 1 aliphatic carbocycles. The first-order chi connectivity index (χ1) is 30.8. The van der Waals surface area contributed by atoms with E-state index in [1.54, 1.807) is 0 Å². The predicted molar refractivity (Wildman–Crippen MR) is 256 cm³/mol. The third kappa shape index (κ3) is 4.88. The minimum absolute atomic E-state index is 0.648. The molecular weight excluding hydrogens is 753 g/mol. The first-order valence-electron chi connectivity index (χ1n) is 21.3. The molecule has 290 valence electrons. The van der Waals surface area contributed by atoms with Gasteiger partial charge in [-0.3, -0.25) is 0 Å². The van der Waals surface area contributed by atoms with Crippen LogP contribution in [0.4, 0.5) is 17.1 Å². The molecule has 0 amide bonds. The molecule has 1 aliphatic heterocycles. The quantitative estimate of drug-likeness (QED) is 0.173. The van der Waals surface area contributed by atoms with E-state index in [9.17, 15) is 0 Å². The summed E-state index contributed by atoms with van der Waals surface area (Å²) in [6.45, 7) is 0. The van der Waals surface area contributed by atoms with Crippen molar-refractivity contribution in [2.75, 3.05) is 4.90 Å². The molecular formula is C59H38N2O. The van der Waals surface area contributed by atoms with E-state index in [1.807, 2.05) is 0 Å². The first kappa shape index (κ1) is 34.7. The molecule has 0 saturated heterocycles. The van der Waals surface area contributed by atoms with Crippen LogP contribution in [-0.2, 0) is 5.41 Å². The number of hydrogen-bond donors (Lipinski definition) is 0. The molecule has 0 fully saturated rings. The van der Waals surface area contributed by atoms with Crippen molar-refractivity contribution >= 4 is 49.6 Å². The SMILES string of the molecule is c1ccc(-c2cccc3c2Oc2ccccc2C32c3ccccc3-c3ccc(N(c4ccc5c6ccccc6n(-c6ccccc6)c5c4)c4cccc5ccccc45)cc32)cc1. The highest BCUT2D eigenvalue weighted by atomic mass is 16.5. The van der Waals surface area contributed by atoms with E-state index < -0.39 is 5.41 Å². The zero-order valence-electron chi connectivity index (χ0n) is 33.7. The van der Waals surface area contributed by atoms with Crippen LogP contribution in [0.25, 0.3) is 60.5 Å². The fraction of sp³-hybridized carbons (Fsp3) is 0.0169. The predicted octanol–water partition coefficient (Wildman–Crippen LogP) is 15.5. The van der Waals surface area contributed by atoms with Crippen LogP contribution in [0.3, 0.4) is 0 Å². The maximum Gasteiger partial charge on any atom is 0.140 e. The van der Waals surface area contributed by atoms with Crippen molar-refractivity contribution in [3.05, 3.63) is 253 Å². The van der Waals surface area contributed by atoms with Gasteiger partial charge in [-0.15, -0.1) is 0 Å². The number of fused-ring (bicyclic) bond motifs is 13. The summed E-state index contributed by atoms with van der Waals surface area (Å²) >= 11 is 0. The van der Waals surface area contributed by atoms with Crippen LogP contribution < -0.4 is 9.64 Å². The third-order valence-electron chi connectivity index (χ3n) is 13.2. The van der Waals surface area contributed by atoms with Gasteiger partial charge in [0.15, 0.2) is 0 Å². The maximum absolute atomic E-state index is 7.05. The Labute approximate surface area is 360 Å². The molecule has 11 aromatic rings. The second-order valence-corrected chi connectivity index (χ2v) is 16.4. The largest absolute Gasteiger partial charge is 0.456 e. The normalized spacial score (nSPS) is 14.6. The minimum atomic E-state index is -0.648.